The first-order chi connectivity index (χ1) is 10.7. The molecule has 2 rings (SSSR count). The SMILES string of the molecule is CCC1=C(CC)N=c2sc(C(=O)OC(C)(C)C)c(N)c2=C(C)C1. The summed E-state index contributed by atoms with van der Waals surface area (Å²) in [6.45, 7) is 11.9. The molecule has 1 aromatic heterocycles. The van der Waals surface area contributed by atoms with Crippen molar-refractivity contribution in [3.8, 4) is 0 Å². The number of ether oxygens (including phenoxy) is 1. The maximum absolute atomic E-state index is 12.4. The summed E-state index contributed by atoms with van der Waals surface area (Å²) in [7, 11) is 0. The molecule has 0 fully saturated rings. The number of hydrogen-bond donors (Lipinski definition) is 1. The lowest BCUT2D eigenvalue weighted by Crippen LogP contribution is -2.25. The van der Waals surface area contributed by atoms with Crippen molar-refractivity contribution in [3.05, 3.63) is 26.0 Å². The molecule has 0 aliphatic carbocycles. The van der Waals surface area contributed by atoms with Crippen LogP contribution >= 0.6 is 11.3 Å². The van der Waals surface area contributed by atoms with Crippen LogP contribution in [0.25, 0.3) is 5.57 Å². The van der Waals surface area contributed by atoms with Crippen LogP contribution in [0.3, 0.4) is 0 Å². The zero-order valence-corrected chi connectivity index (χ0v) is 15.7. The van der Waals surface area contributed by atoms with Crippen molar-refractivity contribution in [2.24, 2.45) is 4.99 Å². The molecule has 1 aliphatic rings. The fourth-order valence-electron chi connectivity index (χ4n) is 2.77. The van der Waals surface area contributed by atoms with Crippen LogP contribution in [0.5, 0.6) is 0 Å². The highest BCUT2D eigenvalue weighted by atomic mass is 32.1. The number of fused-ring (bicyclic) bond motifs is 1. The second-order valence-corrected chi connectivity index (χ2v) is 7.85. The van der Waals surface area contributed by atoms with Crippen molar-refractivity contribution in [2.75, 3.05) is 5.73 Å². The van der Waals surface area contributed by atoms with E-state index in [-0.39, 0.29) is 5.97 Å². The number of hydrogen-bond acceptors (Lipinski definition) is 5. The molecule has 0 spiro atoms. The average molecular weight is 334 g/mol. The van der Waals surface area contributed by atoms with Crippen molar-refractivity contribution in [1.82, 2.24) is 0 Å². The molecule has 0 saturated carbocycles. The number of carbonyl (C=O) groups excluding carboxylic acids is 1. The fraction of sp³-hybridized carbons (Fsp3) is 0.556. The number of allylic oxidation sites excluding steroid dienone is 2. The smallest absolute Gasteiger partial charge is 0.351 e. The van der Waals surface area contributed by atoms with Crippen molar-refractivity contribution in [1.29, 1.82) is 0 Å². The molecule has 0 atom stereocenters. The van der Waals surface area contributed by atoms with Gasteiger partial charge in [0.15, 0.2) is 0 Å². The van der Waals surface area contributed by atoms with E-state index >= 15 is 0 Å². The molecular formula is C18H26N2O2S. The molecule has 2 N–H and O–H groups in total. The van der Waals surface area contributed by atoms with E-state index in [1.54, 1.807) is 0 Å². The molecule has 0 radical (unpaired) electrons. The van der Waals surface area contributed by atoms with Gasteiger partial charge in [-0.05, 0) is 52.5 Å². The van der Waals surface area contributed by atoms with Crippen molar-refractivity contribution in [3.63, 3.8) is 0 Å². The molecule has 5 heteroatoms. The van der Waals surface area contributed by atoms with Gasteiger partial charge in [0.25, 0.3) is 0 Å². The van der Waals surface area contributed by atoms with Crippen molar-refractivity contribution in [2.45, 2.75) is 66.4 Å². The summed E-state index contributed by atoms with van der Waals surface area (Å²) < 4.78 is 6.31. The van der Waals surface area contributed by atoms with Crippen LogP contribution in [0.2, 0.25) is 0 Å². The number of thiophene rings is 1. The van der Waals surface area contributed by atoms with Gasteiger partial charge in [0.2, 0.25) is 0 Å². The minimum Gasteiger partial charge on any atom is -0.456 e. The molecule has 126 valence electrons. The minimum atomic E-state index is -0.537. The number of anilines is 1. The summed E-state index contributed by atoms with van der Waals surface area (Å²) in [5.74, 6) is -0.367. The molecule has 0 unspecified atom stereocenters. The lowest BCUT2D eigenvalue weighted by atomic mass is 10.0. The number of nitrogens with two attached hydrogens (primary N) is 1. The van der Waals surface area contributed by atoms with E-state index < -0.39 is 5.60 Å². The molecular weight excluding hydrogens is 308 g/mol. The molecule has 2 heterocycles. The van der Waals surface area contributed by atoms with E-state index in [0.717, 1.165) is 34.8 Å². The van der Waals surface area contributed by atoms with Gasteiger partial charge >= 0.3 is 5.97 Å². The van der Waals surface area contributed by atoms with Gasteiger partial charge in [0.1, 0.15) is 15.1 Å². The molecule has 23 heavy (non-hydrogen) atoms. The third-order valence-corrected chi connectivity index (χ3v) is 4.90. The average Bonchev–Trinajstić information content (AvgIpc) is 2.69. The summed E-state index contributed by atoms with van der Waals surface area (Å²) in [5.41, 5.74) is 9.90. The molecule has 0 amide bonds. The van der Waals surface area contributed by atoms with Gasteiger partial charge in [0, 0.05) is 10.9 Å². The normalized spacial score (nSPS) is 15.1. The Morgan fingerprint density at radius 2 is 1.96 bits per heavy atom. The predicted molar refractivity (Wildman–Crippen MR) is 96.0 cm³/mol. The van der Waals surface area contributed by atoms with E-state index in [2.05, 4.69) is 20.8 Å². The van der Waals surface area contributed by atoms with E-state index in [1.165, 1.54) is 22.5 Å². The fourth-order valence-corrected chi connectivity index (χ4v) is 3.84. The van der Waals surface area contributed by atoms with Crippen LogP contribution in [0, 0.1) is 0 Å². The van der Waals surface area contributed by atoms with Gasteiger partial charge < -0.3 is 10.5 Å². The van der Waals surface area contributed by atoms with Gasteiger partial charge in [-0.1, -0.05) is 19.4 Å². The number of esters is 1. The van der Waals surface area contributed by atoms with Gasteiger partial charge in [-0.25, -0.2) is 9.79 Å². The maximum atomic E-state index is 12.4. The lowest BCUT2D eigenvalue weighted by molar-refractivity contribution is 0.00763. The number of carbonyl (C=O) groups is 1. The third kappa shape index (κ3) is 3.66. The Kier molecular flexibility index (Phi) is 4.99. The number of nitrogens with zero attached hydrogens (tertiary/aromatic N) is 1. The Morgan fingerprint density at radius 3 is 2.48 bits per heavy atom. The zero-order chi connectivity index (χ0) is 17.4. The Morgan fingerprint density at radius 1 is 1.30 bits per heavy atom. The van der Waals surface area contributed by atoms with Crippen LogP contribution in [0.1, 0.15) is 70.5 Å². The molecule has 1 aliphatic heterocycles. The minimum absolute atomic E-state index is 0.367. The van der Waals surface area contributed by atoms with Crippen LogP contribution in [-0.2, 0) is 4.74 Å². The molecule has 0 bridgehead atoms. The molecule has 0 aromatic carbocycles. The summed E-state index contributed by atoms with van der Waals surface area (Å²) >= 11 is 1.34. The highest BCUT2D eigenvalue weighted by Gasteiger charge is 2.24. The first-order valence-corrected chi connectivity index (χ1v) is 8.90. The van der Waals surface area contributed by atoms with Gasteiger partial charge in [-0.15, -0.1) is 11.3 Å². The molecule has 0 saturated heterocycles. The quantitative estimate of drug-likeness (QED) is 0.860. The first-order valence-electron chi connectivity index (χ1n) is 8.08. The van der Waals surface area contributed by atoms with Crippen molar-refractivity contribution >= 4 is 28.6 Å². The van der Waals surface area contributed by atoms with Gasteiger partial charge in [-0.2, -0.15) is 0 Å². The summed E-state index contributed by atoms with van der Waals surface area (Å²) in [6, 6.07) is 0. The largest absolute Gasteiger partial charge is 0.456 e. The lowest BCUT2D eigenvalue weighted by Gasteiger charge is -2.19. The van der Waals surface area contributed by atoms with Gasteiger partial charge in [-0.3, -0.25) is 0 Å². The van der Waals surface area contributed by atoms with E-state index in [9.17, 15) is 4.79 Å². The molecule has 4 nitrogen and oxygen atoms in total. The summed E-state index contributed by atoms with van der Waals surface area (Å²) in [4.78, 5) is 17.7. The first kappa shape index (κ1) is 17.7. The van der Waals surface area contributed by atoms with Crippen LogP contribution in [-0.4, -0.2) is 11.6 Å². The highest BCUT2D eigenvalue weighted by molar-refractivity contribution is 7.12. The van der Waals surface area contributed by atoms with Crippen LogP contribution in [0.4, 0.5) is 5.69 Å². The van der Waals surface area contributed by atoms with Gasteiger partial charge in [0.05, 0.1) is 5.69 Å². The Bertz CT molecular complexity index is 779. The summed E-state index contributed by atoms with van der Waals surface area (Å²) in [6.07, 6.45) is 2.73. The van der Waals surface area contributed by atoms with E-state index in [1.807, 2.05) is 20.8 Å². The second kappa shape index (κ2) is 6.48. The Labute approximate surface area is 141 Å². The maximum Gasteiger partial charge on any atom is 0.351 e. The highest BCUT2D eigenvalue weighted by Crippen LogP contribution is 2.25. The third-order valence-electron chi connectivity index (χ3n) is 3.82. The molecule has 1 aromatic rings. The predicted octanol–water partition coefficient (Wildman–Crippen LogP) is 3.55. The van der Waals surface area contributed by atoms with E-state index in [4.69, 9.17) is 15.5 Å². The topological polar surface area (TPSA) is 64.7 Å². The monoisotopic (exact) mass is 334 g/mol. The van der Waals surface area contributed by atoms with Crippen LogP contribution in [0.15, 0.2) is 16.3 Å². The second-order valence-electron chi connectivity index (χ2n) is 6.85. The standard InChI is InChI=1S/C18H26N2O2S/c1-7-11-9-10(3)13-14(19)15(17(21)22-18(4,5)6)23-16(13)20-12(11)8-2/h7-9,19H2,1-6H3. The Balaban J connectivity index is 2.63. The number of nitrogen functional groups attached to an aromatic ring is 1. The summed E-state index contributed by atoms with van der Waals surface area (Å²) in [5, 5.41) is 0.922. The van der Waals surface area contributed by atoms with Crippen LogP contribution < -0.4 is 15.6 Å². The van der Waals surface area contributed by atoms with Crippen molar-refractivity contribution < 1.29 is 9.53 Å². The van der Waals surface area contributed by atoms with E-state index in [0.29, 0.717) is 10.6 Å². The number of rotatable bonds is 3. The zero-order valence-electron chi connectivity index (χ0n) is 14.9. The Hall–Kier alpha value is -1.62.